The van der Waals surface area contributed by atoms with Crippen LogP contribution in [0.3, 0.4) is 0 Å². The van der Waals surface area contributed by atoms with Gasteiger partial charge in [-0.25, -0.2) is 4.79 Å². The molecule has 28 heavy (non-hydrogen) atoms. The van der Waals surface area contributed by atoms with Crippen LogP contribution in [0.2, 0.25) is 0 Å². The Bertz CT molecular complexity index is 987. The Morgan fingerprint density at radius 2 is 1.79 bits per heavy atom. The molecule has 0 aliphatic rings. The number of nitrogens with two attached hydrogens (primary N) is 1. The number of aromatic nitrogens is 3. The van der Waals surface area contributed by atoms with Gasteiger partial charge in [-0.15, -0.1) is 0 Å². The molecule has 1 unspecified atom stereocenters. The van der Waals surface area contributed by atoms with Gasteiger partial charge in [-0.2, -0.15) is 15.4 Å². The Kier molecular flexibility index (Phi) is 5.54. The lowest BCUT2D eigenvalue weighted by molar-refractivity contribution is -0.149. The number of rotatable bonds is 7. The van der Waals surface area contributed by atoms with E-state index in [0.717, 1.165) is 0 Å². The number of benzene rings is 2. The van der Waals surface area contributed by atoms with Gasteiger partial charge in [0.05, 0.1) is 14.2 Å². The topological polar surface area (TPSA) is 129 Å². The van der Waals surface area contributed by atoms with Crippen molar-refractivity contribution in [3.05, 3.63) is 59.8 Å². The molecule has 0 fully saturated rings. The van der Waals surface area contributed by atoms with Crippen molar-refractivity contribution in [3.63, 3.8) is 0 Å². The van der Waals surface area contributed by atoms with Gasteiger partial charge in [0.1, 0.15) is 5.69 Å². The first-order chi connectivity index (χ1) is 13.5. The SMILES string of the molecule is COC(=O)C(Oc1cc(-c2n[nH]nc2C(N)=O)ccc1OC)c1ccccc1. The van der Waals surface area contributed by atoms with E-state index in [1.54, 1.807) is 42.5 Å². The van der Waals surface area contributed by atoms with Gasteiger partial charge in [0.15, 0.2) is 17.2 Å². The molecule has 0 aliphatic heterocycles. The summed E-state index contributed by atoms with van der Waals surface area (Å²) >= 11 is 0. The summed E-state index contributed by atoms with van der Waals surface area (Å²) in [6, 6.07) is 13.8. The molecule has 1 amide bonds. The van der Waals surface area contributed by atoms with Gasteiger partial charge in [-0.05, 0) is 18.2 Å². The first-order valence-corrected chi connectivity index (χ1v) is 8.23. The highest BCUT2D eigenvalue weighted by Gasteiger charge is 2.26. The number of nitrogens with zero attached hydrogens (tertiary/aromatic N) is 2. The van der Waals surface area contributed by atoms with Crippen LogP contribution in [0.15, 0.2) is 48.5 Å². The second-order valence-corrected chi connectivity index (χ2v) is 5.68. The van der Waals surface area contributed by atoms with Crippen LogP contribution in [0, 0.1) is 0 Å². The van der Waals surface area contributed by atoms with E-state index in [-0.39, 0.29) is 17.1 Å². The van der Waals surface area contributed by atoms with Crippen molar-refractivity contribution in [2.75, 3.05) is 14.2 Å². The fourth-order valence-corrected chi connectivity index (χ4v) is 2.63. The van der Waals surface area contributed by atoms with Crippen molar-refractivity contribution in [2.24, 2.45) is 5.73 Å². The number of primary amides is 1. The summed E-state index contributed by atoms with van der Waals surface area (Å²) in [6.45, 7) is 0. The minimum atomic E-state index is -1.01. The first kappa shape index (κ1) is 18.9. The fraction of sp³-hybridized carbons (Fsp3) is 0.158. The molecule has 0 spiro atoms. The molecule has 144 valence electrons. The fourth-order valence-electron chi connectivity index (χ4n) is 2.63. The summed E-state index contributed by atoms with van der Waals surface area (Å²) in [4.78, 5) is 23.8. The summed E-state index contributed by atoms with van der Waals surface area (Å²) in [7, 11) is 2.76. The molecule has 2 aromatic carbocycles. The van der Waals surface area contributed by atoms with E-state index in [1.807, 2.05) is 6.07 Å². The molecule has 0 saturated carbocycles. The highest BCUT2D eigenvalue weighted by atomic mass is 16.6. The zero-order valence-corrected chi connectivity index (χ0v) is 15.2. The van der Waals surface area contributed by atoms with Crippen LogP contribution in [0.1, 0.15) is 22.2 Å². The molecule has 1 aromatic heterocycles. The predicted molar refractivity (Wildman–Crippen MR) is 98.7 cm³/mol. The smallest absolute Gasteiger partial charge is 0.351 e. The Morgan fingerprint density at radius 1 is 1.04 bits per heavy atom. The number of ether oxygens (including phenoxy) is 3. The number of nitrogens with one attached hydrogen (secondary N) is 1. The van der Waals surface area contributed by atoms with Crippen LogP contribution in [-0.4, -0.2) is 41.5 Å². The quantitative estimate of drug-likeness (QED) is 0.597. The summed E-state index contributed by atoms with van der Waals surface area (Å²) in [5, 5.41) is 10.1. The van der Waals surface area contributed by atoms with Gasteiger partial charge in [-0.1, -0.05) is 30.3 Å². The number of carbonyl (C=O) groups is 2. The van der Waals surface area contributed by atoms with E-state index in [1.165, 1.54) is 14.2 Å². The molecule has 1 heterocycles. The zero-order valence-electron chi connectivity index (χ0n) is 15.2. The van der Waals surface area contributed by atoms with E-state index in [4.69, 9.17) is 19.9 Å². The van der Waals surface area contributed by atoms with Crippen LogP contribution < -0.4 is 15.2 Å². The molecule has 0 radical (unpaired) electrons. The lowest BCUT2D eigenvalue weighted by Crippen LogP contribution is -2.20. The molecule has 3 N–H and O–H groups in total. The van der Waals surface area contributed by atoms with E-state index in [0.29, 0.717) is 16.9 Å². The largest absolute Gasteiger partial charge is 0.493 e. The zero-order chi connectivity index (χ0) is 20.1. The lowest BCUT2D eigenvalue weighted by atomic mass is 10.1. The van der Waals surface area contributed by atoms with Crippen LogP contribution >= 0.6 is 0 Å². The average Bonchev–Trinajstić information content (AvgIpc) is 3.22. The molecule has 9 heteroatoms. The molecular formula is C19H18N4O5. The average molecular weight is 382 g/mol. The van der Waals surface area contributed by atoms with Crippen molar-refractivity contribution >= 4 is 11.9 Å². The normalized spacial score (nSPS) is 11.5. The second-order valence-electron chi connectivity index (χ2n) is 5.68. The van der Waals surface area contributed by atoms with Crippen LogP contribution in [0.25, 0.3) is 11.3 Å². The summed E-state index contributed by atoms with van der Waals surface area (Å²) in [5.74, 6) is -0.646. The minimum absolute atomic E-state index is 0.0105. The predicted octanol–water partition coefficient (Wildman–Crippen LogP) is 1.87. The molecule has 3 rings (SSSR count). The molecule has 9 nitrogen and oxygen atoms in total. The molecule has 3 aromatic rings. The third-order valence-electron chi connectivity index (χ3n) is 3.98. The summed E-state index contributed by atoms with van der Waals surface area (Å²) in [6.07, 6.45) is -1.01. The van der Waals surface area contributed by atoms with Crippen LogP contribution in [0.4, 0.5) is 0 Å². The number of aromatic amines is 1. The van der Waals surface area contributed by atoms with Gasteiger partial charge < -0.3 is 19.9 Å². The third kappa shape index (κ3) is 3.78. The van der Waals surface area contributed by atoms with E-state index in [9.17, 15) is 9.59 Å². The van der Waals surface area contributed by atoms with Gasteiger partial charge in [0, 0.05) is 11.1 Å². The number of hydrogen-bond donors (Lipinski definition) is 2. The van der Waals surface area contributed by atoms with Gasteiger partial charge in [0.2, 0.25) is 6.10 Å². The first-order valence-electron chi connectivity index (χ1n) is 8.23. The number of esters is 1. The monoisotopic (exact) mass is 382 g/mol. The summed E-state index contributed by atoms with van der Waals surface area (Å²) < 4.78 is 16.1. The molecular weight excluding hydrogens is 364 g/mol. The number of H-pyrrole nitrogens is 1. The number of hydrogen-bond acceptors (Lipinski definition) is 7. The van der Waals surface area contributed by atoms with Gasteiger partial charge >= 0.3 is 5.97 Å². The van der Waals surface area contributed by atoms with E-state index in [2.05, 4.69) is 15.4 Å². The van der Waals surface area contributed by atoms with Gasteiger partial charge in [-0.3, -0.25) is 4.79 Å². The van der Waals surface area contributed by atoms with Crippen molar-refractivity contribution in [1.29, 1.82) is 0 Å². The number of methoxy groups -OCH3 is 2. The Hall–Kier alpha value is -3.88. The maximum absolute atomic E-state index is 12.3. The van der Waals surface area contributed by atoms with Crippen molar-refractivity contribution < 1.29 is 23.8 Å². The highest BCUT2D eigenvalue weighted by Crippen LogP contribution is 2.35. The maximum Gasteiger partial charge on any atom is 0.351 e. The van der Waals surface area contributed by atoms with E-state index >= 15 is 0 Å². The Balaban J connectivity index is 2.03. The molecule has 0 saturated heterocycles. The Morgan fingerprint density at radius 3 is 2.43 bits per heavy atom. The van der Waals surface area contributed by atoms with Gasteiger partial charge in [0.25, 0.3) is 5.91 Å². The number of amides is 1. The highest BCUT2D eigenvalue weighted by molar-refractivity contribution is 5.96. The van der Waals surface area contributed by atoms with Crippen molar-refractivity contribution in [3.8, 4) is 22.8 Å². The van der Waals surface area contributed by atoms with E-state index < -0.39 is 18.0 Å². The standard InChI is InChI=1S/C19H18N4O5/c1-26-13-9-8-12(15-16(18(20)24)22-23-21-15)10-14(13)28-17(19(25)27-2)11-6-4-3-5-7-11/h3-10,17H,1-2H3,(H2,20,24)(H,21,22,23). The van der Waals surface area contributed by atoms with Crippen LogP contribution in [-0.2, 0) is 9.53 Å². The molecule has 0 aliphatic carbocycles. The second kappa shape index (κ2) is 8.21. The third-order valence-corrected chi connectivity index (χ3v) is 3.98. The molecule has 1 atom stereocenters. The van der Waals surface area contributed by atoms with Crippen molar-refractivity contribution in [2.45, 2.75) is 6.10 Å². The summed E-state index contributed by atoms with van der Waals surface area (Å²) in [5.41, 5.74) is 6.70. The minimum Gasteiger partial charge on any atom is -0.493 e. The van der Waals surface area contributed by atoms with Crippen molar-refractivity contribution in [1.82, 2.24) is 15.4 Å². The lowest BCUT2D eigenvalue weighted by Gasteiger charge is -2.19. The maximum atomic E-state index is 12.3. The Labute approximate surface area is 160 Å². The van der Waals surface area contributed by atoms with Crippen LogP contribution in [0.5, 0.6) is 11.5 Å². The molecule has 0 bridgehead atoms. The number of carbonyl (C=O) groups excluding carboxylic acids is 2.